The number of alkyl halides is 3. The van der Waals surface area contributed by atoms with Crippen LogP contribution in [-0.2, 0) is 205 Å². The number of pyridine rings is 2. The first-order chi connectivity index (χ1) is 47.8. The minimum Gasteiger partial charge on any atom is -0.480 e. The van der Waals surface area contributed by atoms with Gasteiger partial charge in [-0.05, 0) is 150 Å². The summed E-state index contributed by atoms with van der Waals surface area (Å²) < 4.78 is 42.7. The topological polar surface area (TPSA) is 289 Å². The molecule has 0 bridgehead atoms. The number of esters is 2. The lowest BCUT2D eigenvalue weighted by atomic mass is 10.2. The van der Waals surface area contributed by atoms with Gasteiger partial charge in [0.2, 0.25) is 17.7 Å². The van der Waals surface area contributed by atoms with Crippen molar-refractivity contribution in [2.24, 2.45) is 0 Å². The van der Waals surface area contributed by atoms with Gasteiger partial charge < -0.3 is 49.1 Å². The van der Waals surface area contributed by atoms with E-state index < -0.39 is 41.9 Å². The molecule has 104 heavy (non-hydrogen) atoms. The van der Waals surface area contributed by atoms with Gasteiger partial charge in [0, 0.05) is 222 Å². The average molecular weight is 1940 g/mol. The van der Waals surface area contributed by atoms with Crippen LogP contribution in [-0.4, -0.2) is 146 Å². The molecule has 22 nitrogen and oxygen atoms in total. The summed E-state index contributed by atoms with van der Waals surface area (Å²) in [5.74, 6) is -1.78. The lowest BCUT2D eigenvalue weighted by Gasteiger charge is -2.23. The second kappa shape index (κ2) is 60.0. The monoisotopic (exact) mass is 1930 g/mol. The second-order valence-electron chi connectivity index (χ2n) is 22.2. The Labute approximate surface area is 698 Å². The first-order valence-corrected chi connectivity index (χ1v) is 45.1. The molecule has 2 fully saturated rings. The van der Waals surface area contributed by atoms with Gasteiger partial charge in [0.15, 0.2) is 23.1 Å². The van der Waals surface area contributed by atoms with Crippen molar-refractivity contribution >= 4 is 287 Å². The average Bonchev–Trinajstić information content (AvgIpc) is 1.66. The highest BCUT2D eigenvalue weighted by atomic mass is 79.9. The molecule has 3 amide bonds. The van der Waals surface area contributed by atoms with Crippen LogP contribution in [0.25, 0.3) is 0 Å². The minimum atomic E-state index is -1.27. The predicted octanol–water partition coefficient (Wildman–Crippen LogP) is 10.4. The molecule has 0 saturated carbocycles. The van der Waals surface area contributed by atoms with Gasteiger partial charge in [0.05, 0.1) is 12.6 Å². The summed E-state index contributed by atoms with van der Waals surface area (Å²) >= 11 is 42.5. The third-order valence-electron chi connectivity index (χ3n) is 11.8. The van der Waals surface area contributed by atoms with Crippen molar-refractivity contribution in [2.75, 3.05) is 29.1 Å². The van der Waals surface area contributed by atoms with Gasteiger partial charge in [0.25, 0.3) is 0 Å². The minimum absolute atomic E-state index is 0. The standard InChI is InChI=1S/C18H18BrFN4O3.C12H17NO3.C10H11BrFN3O.C8H9NO3.C7H8O.C6H11BrO2.ClH.S5.S4.S3.S2.H2S/c1-11(25)12-5-6-23(8-12)10-17(26)24-9-13(20)7-14(24)18(27)22-16-4-2-3-15(19)21-16;1-9(14)10-5-6-13(7-10)8-11(15)16-12(2,3)4;11-8-2-1-3-9(14-8)15-10(16)7-4-6(12)5-13-7;1-6(10)7-2-3-9(4-7)5-8(11)12;1-6(8)7-4-2-3-5-7;1-6(2,3)9-5(8)4-7;;1-3-5-4-2;1-3-4-2;1-3-2;1-2;/h2-6,8,13-14H,7,9-10H2,1H3,(H,21,22,27);5-7H,8H2,1-4H3;1-3,6-7,13H,4-5H2,(H,14,15,16);2-4H,5H2,1H3,(H,11,12);2,4-5H,3H2,1H3;4H2,1-3H3;1H;;;;;1H2/t13-,14+;;6-,7+;;;;;;;;;/m1.1........./s1. The Morgan fingerprint density at radius 2 is 1.05 bits per heavy atom. The first kappa shape index (κ1) is 106. The number of nitrogens with zero attached hydrogens (tertiary/aromatic N) is 6. The van der Waals surface area contributed by atoms with E-state index in [2.05, 4.69) is 163 Å². The zero-order valence-electron chi connectivity index (χ0n) is 57.1. The smallest absolute Gasteiger partial charge is 0.326 e. The number of aliphatic carboxylic acids is 1. The van der Waals surface area contributed by atoms with Crippen molar-refractivity contribution in [3.8, 4) is 0 Å². The number of rotatable bonds is 15. The molecule has 4 N–H and O–H groups in total. The number of ketones is 4. The van der Waals surface area contributed by atoms with Crippen molar-refractivity contribution in [3.05, 3.63) is 141 Å². The predicted molar refractivity (Wildman–Crippen MR) is 457 cm³/mol. The molecule has 5 aromatic rings. The molecule has 5 aromatic heterocycles. The van der Waals surface area contributed by atoms with E-state index in [1.165, 1.54) is 80.8 Å². The van der Waals surface area contributed by atoms with Crippen LogP contribution < -0.4 is 16.0 Å². The Morgan fingerprint density at radius 3 is 1.36 bits per heavy atom. The largest absolute Gasteiger partial charge is 0.480 e. The summed E-state index contributed by atoms with van der Waals surface area (Å²) in [6.45, 7) is 17.0. The molecule has 3 aliphatic rings. The number of halogens is 6. The van der Waals surface area contributed by atoms with Gasteiger partial charge in [-0.1, -0.05) is 46.3 Å². The van der Waals surface area contributed by atoms with Crippen LogP contribution in [0.2, 0.25) is 0 Å². The number of hydrogen-bond donors (Lipinski definition) is 4. The number of aromatic nitrogens is 5. The van der Waals surface area contributed by atoms with Crippen molar-refractivity contribution in [2.45, 2.75) is 144 Å². The molecular formula is C61H77Br3ClF2N9O13S15. The number of nitrogens with one attached hydrogen (secondary N) is 3. The lowest BCUT2D eigenvalue weighted by Crippen LogP contribution is -2.44. The van der Waals surface area contributed by atoms with E-state index in [-0.39, 0.29) is 129 Å². The number of amides is 3. The van der Waals surface area contributed by atoms with Crippen LogP contribution in [0.5, 0.6) is 0 Å². The highest BCUT2D eigenvalue weighted by molar-refractivity contribution is 9.10. The van der Waals surface area contributed by atoms with Crippen LogP contribution in [0, 0.1) is 0 Å². The number of Topliss-reactive ketones (excluding diaryl/α,β-unsaturated/α-hetero) is 4. The molecule has 1 aliphatic carbocycles. The van der Waals surface area contributed by atoms with Crippen LogP contribution in [0.4, 0.5) is 20.4 Å². The van der Waals surface area contributed by atoms with Gasteiger partial charge in [0.1, 0.15) is 75.4 Å². The van der Waals surface area contributed by atoms with Crippen molar-refractivity contribution < 1.29 is 71.3 Å². The SMILES string of the molecule is CC(=O)C1=CCC=C1.CC(=O)c1ccn(CC(=O)N2C[C@H](F)C[C@H]2C(=O)Nc2cccc(Br)n2)c1.CC(=O)c1ccn(CC(=O)O)c1.CC(=O)c1ccn(CC(=O)OC(C)(C)C)c1.CC(C)(C)OC(=O)CBr.Cl.O=C(Nc1cccc(Br)n1)[C@@H]1C[C@@H](F)CN1.S.S=S.S=S=S.S=S=S=S.S=S=S=S=S. The molecular weight excluding hydrogens is 1860 g/mol. The zero-order chi connectivity index (χ0) is 78.3. The second-order valence-corrected chi connectivity index (χ2v) is 35.0. The molecule has 576 valence electrons. The molecule has 0 unspecified atom stereocenters. The number of likely N-dealkylation sites (tertiary alicyclic amines) is 1. The normalized spacial score (nSPS) is 14.4. The summed E-state index contributed by atoms with van der Waals surface area (Å²) in [6.07, 6.45) is 14.3. The van der Waals surface area contributed by atoms with Gasteiger partial charge in [-0.2, -0.15) is 13.5 Å². The Balaban J connectivity index is -0.000000575. The number of hydrogen-bond acceptors (Lipinski definition) is 23. The molecule has 2 saturated heterocycles. The van der Waals surface area contributed by atoms with Crippen LogP contribution in [0.15, 0.2) is 125 Å². The highest BCUT2D eigenvalue weighted by Gasteiger charge is 2.40. The van der Waals surface area contributed by atoms with Crippen molar-refractivity contribution in [1.29, 1.82) is 0 Å². The number of carboxylic acid groups (broad SMARTS) is 1. The van der Waals surface area contributed by atoms with Gasteiger partial charge in [-0.3, -0.25) is 47.9 Å². The number of allylic oxidation sites excluding steroid dienone is 4. The number of anilines is 2. The zero-order valence-corrected chi connectivity index (χ0v) is 75.1. The summed E-state index contributed by atoms with van der Waals surface area (Å²) in [5.41, 5.74) is 1.64. The maximum Gasteiger partial charge on any atom is 0.326 e. The van der Waals surface area contributed by atoms with Gasteiger partial charge in [-0.25, -0.2) is 18.7 Å². The fourth-order valence-corrected chi connectivity index (χ4v) is 11.4. The Kier molecular flexibility index (Phi) is 61.4. The number of carbonyl (C=O) groups is 10. The van der Waals surface area contributed by atoms with E-state index in [9.17, 15) is 56.7 Å². The molecule has 2 aliphatic heterocycles. The number of carboxylic acids is 1. The fourth-order valence-electron chi connectivity index (χ4n) is 7.85. The van der Waals surface area contributed by atoms with Crippen LogP contribution in [0.3, 0.4) is 0 Å². The molecule has 0 spiro atoms. The van der Waals surface area contributed by atoms with Gasteiger partial charge in [-0.15, -0.1) is 12.4 Å². The fraction of sp³-hybridized carbons (Fsp3) is 0.410. The molecule has 0 aromatic carbocycles. The van der Waals surface area contributed by atoms with Crippen LogP contribution in [0.1, 0.15) is 120 Å². The number of carbonyl (C=O) groups excluding carboxylic acids is 9. The lowest BCUT2D eigenvalue weighted by molar-refractivity contribution is -0.155. The van der Waals surface area contributed by atoms with E-state index in [4.69, 9.17) is 14.6 Å². The number of ether oxygens (including phenoxy) is 2. The van der Waals surface area contributed by atoms with Crippen molar-refractivity contribution in [1.82, 2.24) is 33.9 Å². The van der Waals surface area contributed by atoms with E-state index in [1.807, 2.05) is 59.8 Å². The molecule has 43 heteroatoms. The summed E-state index contributed by atoms with van der Waals surface area (Å²) in [4.78, 5) is 122. The van der Waals surface area contributed by atoms with E-state index in [0.717, 1.165) is 20.9 Å². The first-order valence-electron chi connectivity index (χ1n) is 29.1. The molecule has 8 rings (SSSR count). The summed E-state index contributed by atoms with van der Waals surface area (Å²) in [7, 11) is 7.21. The third kappa shape index (κ3) is 51.4. The molecule has 4 atom stereocenters. The Hall–Kier alpha value is -3.90. The molecule has 7 heterocycles. The van der Waals surface area contributed by atoms with Gasteiger partial charge >= 0.3 is 17.9 Å². The maximum absolute atomic E-state index is 13.9. The summed E-state index contributed by atoms with van der Waals surface area (Å²) in [5, 5.41) is 16.7. The summed E-state index contributed by atoms with van der Waals surface area (Å²) in [6, 6.07) is 13.8. The van der Waals surface area contributed by atoms with Crippen LogP contribution >= 0.6 is 73.7 Å². The van der Waals surface area contributed by atoms with Crippen molar-refractivity contribution in [3.63, 3.8) is 0 Å². The van der Waals surface area contributed by atoms with E-state index in [0.29, 0.717) is 37.5 Å². The Bertz CT molecular complexity index is 3940. The molecule has 0 radical (unpaired) electrons. The Morgan fingerprint density at radius 1 is 0.625 bits per heavy atom. The maximum atomic E-state index is 13.9. The van der Waals surface area contributed by atoms with E-state index in [1.54, 1.807) is 102 Å². The highest BCUT2D eigenvalue weighted by Crippen LogP contribution is 2.24. The third-order valence-corrected chi connectivity index (χ3v) is 19.8. The quantitative estimate of drug-likeness (QED) is 0.0328. The van der Waals surface area contributed by atoms with E-state index >= 15 is 0 Å².